The van der Waals surface area contributed by atoms with Crippen molar-refractivity contribution in [2.75, 3.05) is 13.2 Å². The first-order valence-electron chi connectivity index (χ1n) is 6.14. The van der Waals surface area contributed by atoms with Crippen LogP contribution in [-0.4, -0.2) is 38.4 Å². The Labute approximate surface area is 125 Å². The molecule has 0 bridgehead atoms. The molecule has 0 aromatic heterocycles. The third-order valence-electron chi connectivity index (χ3n) is 3.50. The van der Waals surface area contributed by atoms with Crippen LogP contribution >= 0.6 is 11.6 Å². The van der Waals surface area contributed by atoms with Crippen LogP contribution in [0.5, 0.6) is 0 Å². The van der Waals surface area contributed by atoms with Crippen LogP contribution in [0, 0.1) is 11.6 Å². The van der Waals surface area contributed by atoms with Gasteiger partial charge in [-0.25, -0.2) is 21.9 Å². The molecule has 1 aliphatic heterocycles. The summed E-state index contributed by atoms with van der Waals surface area (Å²) in [5, 5.41) is 9.77. The summed E-state index contributed by atoms with van der Waals surface area (Å²) < 4.78 is 58.2. The number of hydrogen-bond acceptors (Lipinski definition) is 4. The van der Waals surface area contributed by atoms with Gasteiger partial charge in [0.15, 0.2) is 11.6 Å². The summed E-state index contributed by atoms with van der Waals surface area (Å²) in [5.41, 5.74) is -1.40. The standard InChI is InChI=1S/C12H14ClF2NO4S/c1-7-12(17,4-5-20-7)6-16-21(18,19)11-8(13)2-3-9(14)10(11)15/h2-3,7,16-17H,4-6H2,1H3. The number of aliphatic hydroxyl groups is 1. The molecule has 0 saturated carbocycles. The Morgan fingerprint density at radius 1 is 1.52 bits per heavy atom. The number of nitrogens with one attached hydrogen (secondary N) is 1. The number of rotatable bonds is 4. The minimum atomic E-state index is -4.41. The zero-order valence-electron chi connectivity index (χ0n) is 11.1. The Balaban J connectivity index is 2.26. The number of ether oxygens (including phenoxy) is 1. The third-order valence-corrected chi connectivity index (χ3v) is 5.39. The average molecular weight is 342 g/mol. The first kappa shape index (κ1) is 16.6. The highest BCUT2D eigenvalue weighted by molar-refractivity contribution is 7.89. The second-order valence-corrected chi connectivity index (χ2v) is 6.97. The van der Waals surface area contributed by atoms with Crippen LogP contribution in [-0.2, 0) is 14.8 Å². The van der Waals surface area contributed by atoms with Crippen LogP contribution in [0.3, 0.4) is 0 Å². The number of halogens is 3. The Kier molecular flexibility index (Phi) is 4.55. The van der Waals surface area contributed by atoms with E-state index in [1.165, 1.54) is 0 Å². The number of benzene rings is 1. The number of hydrogen-bond donors (Lipinski definition) is 2. The second kappa shape index (κ2) is 5.77. The van der Waals surface area contributed by atoms with Crippen molar-refractivity contribution in [2.24, 2.45) is 0 Å². The van der Waals surface area contributed by atoms with Gasteiger partial charge in [0.05, 0.1) is 11.1 Å². The topological polar surface area (TPSA) is 75.6 Å². The van der Waals surface area contributed by atoms with Crippen molar-refractivity contribution in [3.63, 3.8) is 0 Å². The van der Waals surface area contributed by atoms with Crippen molar-refractivity contribution < 1.29 is 27.0 Å². The van der Waals surface area contributed by atoms with Gasteiger partial charge in [-0.3, -0.25) is 0 Å². The smallest absolute Gasteiger partial charge is 0.245 e. The zero-order chi connectivity index (χ0) is 15.8. The van der Waals surface area contributed by atoms with Crippen LogP contribution in [0.4, 0.5) is 8.78 Å². The first-order valence-corrected chi connectivity index (χ1v) is 8.01. The molecule has 1 fully saturated rings. The molecule has 1 aromatic rings. The SMILES string of the molecule is CC1OCCC1(O)CNS(=O)(=O)c1c(Cl)ccc(F)c1F. The second-order valence-electron chi connectivity index (χ2n) is 4.86. The van der Waals surface area contributed by atoms with Gasteiger partial charge in [0.2, 0.25) is 10.0 Å². The predicted molar refractivity (Wildman–Crippen MR) is 71.5 cm³/mol. The minimum absolute atomic E-state index is 0.232. The maximum atomic E-state index is 13.7. The van der Waals surface area contributed by atoms with Crippen LogP contribution in [0.25, 0.3) is 0 Å². The van der Waals surface area contributed by atoms with Gasteiger partial charge in [0.1, 0.15) is 10.5 Å². The summed E-state index contributed by atoms with van der Waals surface area (Å²) in [6.07, 6.45) is -0.344. The van der Waals surface area contributed by atoms with Crippen molar-refractivity contribution >= 4 is 21.6 Å². The van der Waals surface area contributed by atoms with E-state index in [0.717, 1.165) is 12.1 Å². The van der Waals surface area contributed by atoms with Crippen LogP contribution in [0.2, 0.25) is 5.02 Å². The van der Waals surface area contributed by atoms with E-state index in [9.17, 15) is 22.3 Å². The van der Waals surface area contributed by atoms with E-state index < -0.39 is 43.3 Å². The van der Waals surface area contributed by atoms with Gasteiger partial charge < -0.3 is 9.84 Å². The van der Waals surface area contributed by atoms with E-state index in [-0.39, 0.29) is 19.6 Å². The van der Waals surface area contributed by atoms with Crippen molar-refractivity contribution in [3.05, 3.63) is 28.8 Å². The normalized spacial score (nSPS) is 26.2. The monoisotopic (exact) mass is 341 g/mol. The van der Waals surface area contributed by atoms with Crippen LogP contribution in [0.1, 0.15) is 13.3 Å². The highest BCUT2D eigenvalue weighted by Gasteiger charge is 2.41. The molecule has 118 valence electrons. The molecule has 2 unspecified atom stereocenters. The van der Waals surface area contributed by atoms with E-state index in [1.807, 2.05) is 4.72 Å². The largest absolute Gasteiger partial charge is 0.386 e. The minimum Gasteiger partial charge on any atom is -0.386 e. The van der Waals surface area contributed by atoms with Gasteiger partial charge in [-0.1, -0.05) is 11.6 Å². The summed E-state index contributed by atoms with van der Waals surface area (Å²) in [6.45, 7) is 1.49. The summed E-state index contributed by atoms with van der Waals surface area (Å²) in [6, 6.07) is 1.68. The van der Waals surface area contributed by atoms with Gasteiger partial charge in [-0.2, -0.15) is 0 Å². The van der Waals surface area contributed by atoms with Gasteiger partial charge in [0.25, 0.3) is 0 Å². The third kappa shape index (κ3) is 3.19. The highest BCUT2D eigenvalue weighted by Crippen LogP contribution is 2.28. The summed E-state index contributed by atoms with van der Waals surface area (Å²) in [4.78, 5) is -0.973. The Bertz CT molecular complexity index is 655. The summed E-state index contributed by atoms with van der Waals surface area (Å²) >= 11 is 5.63. The van der Waals surface area contributed by atoms with Gasteiger partial charge >= 0.3 is 0 Å². The van der Waals surface area contributed by atoms with E-state index in [1.54, 1.807) is 6.92 Å². The highest BCUT2D eigenvalue weighted by atomic mass is 35.5. The Morgan fingerprint density at radius 2 is 2.19 bits per heavy atom. The quantitative estimate of drug-likeness (QED) is 0.813. The lowest BCUT2D eigenvalue weighted by Gasteiger charge is -2.26. The molecule has 0 radical (unpaired) electrons. The molecule has 1 heterocycles. The van der Waals surface area contributed by atoms with Crippen molar-refractivity contribution in [1.29, 1.82) is 0 Å². The molecule has 0 amide bonds. The fourth-order valence-corrected chi connectivity index (χ4v) is 3.74. The lowest BCUT2D eigenvalue weighted by atomic mass is 9.97. The molecule has 1 aromatic carbocycles. The first-order chi connectivity index (χ1) is 9.67. The molecule has 2 atom stereocenters. The van der Waals surface area contributed by atoms with E-state index in [4.69, 9.17) is 16.3 Å². The predicted octanol–water partition coefficient (Wildman–Crippen LogP) is 1.44. The molecule has 5 nitrogen and oxygen atoms in total. The van der Waals surface area contributed by atoms with Crippen LogP contribution in [0.15, 0.2) is 17.0 Å². The Morgan fingerprint density at radius 3 is 2.76 bits per heavy atom. The molecule has 9 heteroatoms. The zero-order valence-corrected chi connectivity index (χ0v) is 12.6. The molecular formula is C12H14ClF2NO4S. The van der Waals surface area contributed by atoms with E-state index in [0.29, 0.717) is 0 Å². The fraction of sp³-hybridized carbons (Fsp3) is 0.500. The van der Waals surface area contributed by atoms with Crippen molar-refractivity contribution in [1.82, 2.24) is 4.72 Å². The maximum Gasteiger partial charge on any atom is 0.245 e. The van der Waals surface area contributed by atoms with E-state index in [2.05, 4.69) is 0 Å². The molecule has 0 spiro atoms. The van der Waals surface area contributed by atoms with E-state index >= 15 is 0 Å². The molecule has 2 rings (SSSR count). The van der Waals surface area contributed by atoms with Gasteiger partial charge in [0, 0.05) is 19.6 Å². The van der Waals surface area contributed by atoms with Crippen LogP contribution < -0.4 is 4.72 Å². The van der Waals surface area contributed by atoms with Crippen molar-refractivity contribution in [3.8, 4) is 0 Å². The molecular weight excluding hydrogens is 328 g/mol. The molecule has 1 aliphatic rings. The fourth-order valence-electron chi connectivity index (χ4n) is 2.05. The molecule has 1 saturated heterocycles. The van der Waals surface area contributed by atoms with Gasteiger partial charge in [-0.05, 0) is 19.1 Å². The van der Waals surface area contributed by atoms with Crippen molar-refractivity contribution in [2.45, 2.75) is 29.9 Å². The summed E-state index contributed by atoms with van der Waals surface area (Å²) in [7, 11) is -4.41. The Hall–Kier alpha value is -0.800. The molecule has 2 N–H and O–H groups in total. The molecule has 21 heavy (non-hydrogen) atoms. The number of sulfonamides is 1. The summed E-state index contributed by atoms with van der Waals surface area (Å²) in [5.74, 6) is -2.88. The lowest BCUT2D eigenvalue weighted by molar-refractivity contribution is -0.0228. The lowest BCUT2D eigenvalue weighted by Crippen LogP contribution is -2.47. The van der Waals surface area contributed by atoms with Gasteiger partial charge in [-0.15, -0.1) is 0 Å². The molecule has 0 aliphatic carbocycles. The maximum absolute atomic E-state index is 13.7. The average Bonchev–Trinajstić information content (AvgIpc) is 2.73.